The average Bonchev–Trinajstić information content (AvgIpc) is 2.92. The number of hydrogen-bond donors (Lipinski definition) is 2. The molecular formula is C21H28FN3O3. The van der Waals surface area contributed by atoms with E-state index in [9.17, 15) is 14.6 Å². The summed E-state index contributed by atoms with van der Waals surface area (Å²) in [5.74, 6) is 0.442. The minimum Gasteiger partial charge on any atom is -0.508 e. The van der Waals surface area contributed by atoms with Crippen molar-refractivity contribution in [3.05, 3.63) is 41.1 Å². The highest BCUT2D eigenvalue weighted by Gasteiger charge is 2.36. The summed E-state index contributed by atoms with van der Waals surface area (Å²) >= 11 is 0. The van der Waals surface area contributed by atoms with Crippen LogP contribution in [0.2, 0.25) is 0 Å². The Kier molecular flexibility index (Phi) is 6.17. The summed E-state index contributed by atoms with van der Waals surface area (Å²) < 4.78 is 18.5. The molecule has 0 radical (unpaired) electrons. The molecule has 1 atom stereocenters. The molecule has 0 aliphatic carbocycles. The molecule has 0 saturated carbocycles. The third kappa shape index (κ3) is 3.83. The number of allylic oxidation sites excluding steroid dienone is 1. The first-order chi connectivity index (χ1) is 13.4. The fourth-order valence-corrected chi connectivity index (χ4v) is 3.59. The van der Waals surface area contributed by atoms with E-state index in [-0.39, 0.29) is 25.0 Å². The van der Waals surface area contributed by atoms with Crippen molar-refractivity contribution in [1.82, 2.24) is 14.8 Å². The molecule has 0 spiro atoms. The average molecular weight is 389 g/mol. The number of fused-ring (bicyclic) bond motifs is 2. The monoisotopic (exact) mass is 389 g/mol. The molecule has 2 heterocycles. The summed E-state index contributed by atoms with van der Waals surface area (Å²) in [6, 6.07) is 5.39. The normalized spacial score (nSPS) is 18.1. The number of rotatable bonds is 7. The van der Waals surface area contributed by atoms with Crippen LogP contribution in [0.1, 0.15) is 36.9 Å². The van der Waals surface area contributed by atoms with Crippen LogP contribution in [0.15, 0.2) is 24.3 Å². The Morgan fingerprint density at radius 3 is 2.71 bits per heavy atom. The van der Waals surface area contributed by atoms with E-state index in [2.05, 4.69) is 0 Å². The summed E-state index contributed by atoms with van der Waals surface area (Å²) in [5.41, 5.74) is 3.81. The fraction of sp³-hybridized carbons (Fsp3) is 0.476. The van der Waals surface area contributed by atoms with Gasteiger partial charge in [-0.25, -0.2) is 9.37 Å². The molecule has 0 saturated heterocycles. The topological polar surface area (TPSA) is 69.1 Å². The number of aliphatic hydroxyl groups is 1. The lowest BCUT2D eigenvalue weighted by Crippen LogP contribution is -2.25. The van der Waals surface area contributed by atoms with E-state index >= 15 is 0 Å². The van der Waals surface area contributed by atoms with Gasteiger partial charge >= 0.3 is 0 Å². The molecule has 0 fully saturated rings. The predicted octanol–water partition coefficient (Wildman–Crippen LogP) is 3.25. The number of nitrogens with zero attached hydrogens (tertiary/aromatic N) is 3. The van der Waals surface area contributed by atoms with Crippen molar-refractivity contribution < 1.29 is 19.3 Å². The largest absolute Gasteiger partial charge is 0.508 e. The second kappa shape index (κ2) is 8.43. The molecule has 7 heteroatoms. The lowest BCUT2D eigenvalue weighted by Gasteiger charge is -2.25. The third-order valence-electron chi connectivity index (χ3n) is 4.69. The van der Waals surface area contributed by atoms with Crippen molar-refractivity contribution in [1.29, 1.82) is 0 Å². The molecular weight excluding hydrogens is 361 g/mol. The van der Waals surface area contributed by atoms with Gasteiger partial charge in [0.25, 0.3) is 0 Å². The highest BCUT2D eigenvalue weighted by molar-refractivity contribution is 5.88. The minimum atomic E-state index is -0.618. The molecule has 6 nitrogen and oxygen atoms in total. The van der Waals surface area contributed by atoms with E-state index in [1.54, 1.807) is 17.0 Å². The molecule has 28 heavy (non-hydrogen) atoms. The summed E-state index contributed by atoms with van der Waals surface area (Å²) in [5, 5.41) is 21.2. The zero-order chi connectivity index (χ0) is 20.4. The van der Waals surface area contributed by atoms with E-state index in [4.69, 9.17) is 9.72 Å². The quantitative estimate of drug-likeness (QED) is 0.758. The van der Waals surface area contributed by atoms with E-state index in [0.717, 1.165) is 33.4 Å². The van der Waals surface area contributed by atoms with Crippen LogP contribution in [0.4, 0.5) is 4.39 Å². The molecule has 2 aromatic rings. The van der Waals surface area contributed by atoms with Crippen LogP contribution in [0, 0.1) is 5.92 Å². The van der Waals surface area contributed by atoms with Gasteiger partial charge in [0.05, 0.1) is 23.5 Å². The number of ether oxygens (including phenoxy) is 1. The molecule has 0 bridgehead atoms. The van der Waals surface area contributed by atoms with Crippen molar-refractivity contribution >= 4 is 16.6 Å². The first-order valence-electron chi connectivity index (χ1n) is 9.44. The molecule has 1 aliphatic rings. The molecule has 152 valence electrons. The Bertz CT molecular complexity index is 883. The number of halogens is 1. The van der Waals surface area contributed by atoms with Crippen molar-refractivity contribution in [2.45, 2.75) is 26.6 Å². The van der Waals surface area contributed by atoms with Crippen molar-refractivity contribution in [3.8, 4) is 5.75 Å². The number of hydrogen-bond acceptors (Lipinski definition) is 6. The molecule has 3 rings (SSSR count). The van der Waals surface area contributed by atoms with Crippen LogP contribution in [-0.2, 0) is 11.3 Å². The van der Waals surface area contributed by atoms with Gasteiger partial charge in [0.1, 0.15) is 19.2 Å². The summed E-state index contributed by atoms with van der Waals surface area (Å²) in [6.45, 7) is 3.70. The van der Waals surface area contributed by atoms with Gasteiger partial charge in [-0.3, -0.25) is 0 Å². The van der Waals surface area contributed by atoms with Crippen LogP contribution in [0.25, 0.3) is 16.6 Å². The highest BCUT2D eigenvalue weighted by Crippen LogP contribution is 2.43. The molecule has 1 aromatic carbocycles. The van der Waals surface area contributed by atoms with Crippen LogP contribution in [-0.4, -0.2) is 59.1 Å². The SMILES string of the molecule is CC(C)/C=C1/c2nc3ccc(O)c(CN(C)C)c3cc2C(OCCF)N1CO. The minimum absolute atomic E-state index is 0.0712. The molecule has 2 N–H and O–H groups in total. The number of aromatic nitrogens is 1. The van der Waals surface area contributed by atoms with Gasteiger partial charge in [0.15, 0.2) is 6.23 Å². The van der Waals surface area contributed by atoms with Crippen molar-refractivity contribution in [2.75, 3.05) is 34.1 Å². The summed E-state index contributed by atoms with van der Waals surface area (Å²) in [4.78, 5) is 8.50. The maximum Gasteiger partial charge on any atom is 0.160 e. The number of aliphatic hydroxyl groups excluding tert-OH is 1. The van der Waals surface area contributed by atoms with Gasteiger partial charge in [0.2, 0.25) is 0 Å². The molecule has 1 aliphatic heterocycles. The number of phenols is 1. The van der Waals surface area contributed by atoms with E-state index < -0.39 is 12.9 Å². The smallest absolute Gasteiger partial charge is 0.160 e. The number of alkyl halides is 1. The Balaban J connectivity index is 2.24. The van der Waals surface area contributed by atoms with Crippen LogP contribution < -0.4 is 0 Å². The van der Waals surface area contributed by atoms with E-state index in [1.165, 1.54) is 0 Å². The first-order valence-corrected chi connectivity index (χ1v) is 9.44. The Hall–Kier alpha value is -2.22. The number of phenolic OH excluding ortho intramolecular Hbond substituents is 1. The Morgan fingerprint density at radius 1 is 1.36 bits per heavy atom. The second-order valence-corrected chi connectivity index (χ2v) is 7.61. The zero-order valence-electron chi connectivity index (χ0n) is 16.8. The molecule has 1 unspecified atom stereocenters. The maximum atomic E-state index is 12.8. The predicted molar refractivity (Wildman–Crippen MR) is 107 cm³/mol. The zero-order valence-corrected chi connectivity index (χ0v) is 16.8. The van der Waals surface area contributed by atoms with Gasteiger partial charge in [-0.2, -0.15) is 0 Å². The lowest BCUT2D eigenvalue weighted by atomic mass is 10.0. The van der Waals surface area contributed by atoms with Gasteiger partial charge in [-0.1, -0.05) is 19.9 Å². The van der Waals surface area contributed by atoms with Crippen LogP contribution in [0.5, 0.6) is 5.75 Å². The standard InChI is InChI=1S/C21H28FN3O3/c1-13(2)9-18-20-15(21(25(18)12-26)28-8-7-22)10-14-16(11-24(3)4)19(27)6-5-17(14)23-20/h5-6,9-10,13,21,26-27H,7-8,11-12H2,1-4H3/b18-9-. The van der Waals surface area contributed by atoms with Gasteiger partial charge in [0, 0.05) is 23.1 Å². The van der Waals surface area contributed by atoms with Crippen molar-refractivity contribution in [3.63, 3.8) is 0 Å². The molecule has 0 amide bonds. The van der Waals surface area contributed by atoms with E-state index in [0.29, 0.717) is 6.54 Å². The number of aromatic hydroxyl groups is 1. The Morgan fingerprint density at radius 2 is 2.11 bits per heavy atom. The Labute approximate surface area is 164 Å². The van der Waals surface area contributed by atoms with Gasteiger partial charge in [-0.15, -0.1) is 0 Å². The number of pyridine rings is 1. The first kappa shape index (κ1) is 20.5. The summed E-state index contributed by atoms with van der Waals surface area (Å²) in [7, 11) is 3.87. The fourth-order valence-electron chi connectivity index (χ4n) is 3.59. The van der Waals surface area contributed by atoms with Gasteiger partial charge in [-0.05, 0) is 38.2 Å². The summed E-state index contributed by atoms with van der Waals surface area (Å²) in [6.07, 6.45) is 1.40. The lowest BCUT2D eigenvalue weighted by molar-refractivity contribution is -0.0591. The third-order valence-corrected chi connectivity index (χ3v) is 4.69. The van der Waals surface area contributed by atoms with Crippen LogP contribution >= 0.6 is 0 Å². The van der Waals surface area contributed by atoms with Gasteiger partial charge < -0.3 is 24.7 Å². The van der Waals surface area contributed by atoms with Crippen molar-refractivity contribution in [2.24, 2.45) is 5.92 Å². The second-order valence-electron chi connectivity index (χ2n) is 7.61. The van der Waals surface area contributed by atoms with E-state index in [1.807, 2.05) is 45.0 Å². The van der Waals surface area contributed by atoms with Crippen LogP contribution in [0.3, 0.4) is 0 Å². The molecule has 1 aromatic heterocycles. The maximum absolute atomic E-state index is 12.8. The highest BCUT2D eigenvalue weighted by atomic mass is 19.1. The number of benzene rings is 1.